The second-order valence-electron chi connectivity index (χ2n) is 5.29. The Balaban J connectivity index is 4.85. The molecular formula is C11H19P. The quantitative estimate of drug-likeness (QED) is 0.488. The number of rotatable bonds is 0. The molecule has 0 radical (unpaired) electrons. The Hall–Kier alpha value is -0.0500. The molecule has 0 bridgehead atoms. The van der Waals surface area contributed by atoms with E-state index in [9.17, 15) is 0 Å². The zero-order valence-electron chi connectivity index (χ0n) is 9.02. The summed E-state index contributed by atoms with van der Waals surface area (Å²) < 4.78 is 0. The van der Waals surface area contributed by atoms with Gasteiger partial charge in [0.25, 0.3) is 0 Å². The summed E-state index contributed by atoms with van der Waals surface area (Å²) in [5, 5.41) is 0. The van der Waals surface area contributed by atoms with E-state index < -0.39 is 0 Å². The fourth-order valence-electron chi connectivity index (χ4n) is 0.849. The molecule has 0 rings (SSSR count). The Morgan fingerprint density at radius 3 is 1.58 bits per heavy atom. The van der Waals surface area contributed by atoms with E-state index in [0.717, 1.165) is 0 Å². The third-order valence-corrected chi connectivity index (χ3v) is 1.75. The molecule has 0 aliphatic rings. The normalized spacial score (nSPS) is 14.2. The first kappa shape index (κ1) is 11.9. The van der Waals surface area contributed by atoms with Gasteiger partial charge in [0, 0.05) is 0 Å². The van der Waals surface area contributed by atoms with Gasteiger partial charge in [-0.3, -0.25) is 0 Å². The Morgan fingerprint density at radius 2 is 1.50 bits per heavy atom. The van der Waals surface area contributed by atoms with Gasteiger partial charge in [-0.1, -0.05) is 0 Å². The van der Waals surface area contributed by atoms with Gasteiger partial charge in [-0.15, -0.1) is 0 Å². The first-order valence-electron chi connectivity index (χ1n) is 4.30. The molecule has 0 N–H and O–H groups in total. The summed E-state index contributed by atoms with van der Waals surface area (Å²) in [6.45, 7) is 13.1. The summed E-state index contributed by atoms with van der Waals surface area (Å²) in [7, 11) is 4.10. The molecule has 68 valence electrons. The summed E-state index contributed by atoms with van der Waals surface area (Å²) in [6, 6.07) is 0. The van der Waals surface area contributed by atoms with Crippen molar-refractivity contribution in [2.24, 2.45) is 10.8 Å². The molecule has 0 amide bonds. The van der Waals surface area contributed by atoms with Crippen molar-refractivity contribution in [2.75, 3.05) is 0 Å². The molecule has 0 unspecified atom stereocenters. The van der Waals surface area contributed by atoms with Crippen molar-refractivity contribution >= 4 is 8.70 Å². The Bertz CT molecular complexity index is 215. The Labute approximate surface area is 78.9 Å². The average Bonchev–Trinajstić information content (AvgIpc) is 1.78. The third kappa shape index (κ3) is 4.75. The van der Waals surface area contributed by atoms with Gasteiger partial charge in [0.05, 0.1) is 0 Å². The summed E-state index contributed by atoms with van der Waals surface area (Å²) in [5.74, 6) is 0. The number of hydrogen-bond acceptors (Lipinski definition) is 0. The van der Waals surface area contributed by atoms with Gasteiger partial charge in [0.1, 0.15) is 0 Å². The topological polar surface area (TPSA) is 0 Å². The van der Waals surface area contributed by atoms with Crippen molar-refractivity contribution in [1.82, 2.24) is 0 Å². The molecule has 0 aromatic rings. The first-order valence-corrected chi connectivity index (χ1v) is 4.75. The van der Waals surface area contributed by atoms with Gasteiger partial charge in [-0.25, -0.2) is 0 Å². The van der Waals surface area contributed by atoms with Crippen LogP contribution in [0.4, 0.5) is 0 Å². The molecule has 0 heterocycles. The molecule has 0 aromatic heterocycles. The summed E-state index contributed by atoms with van der Waals surface area (Å²) in [4.78, 5) is 0. The molecule has 0 saturated heterocycles. The van der Waals surface area contributed by atoms with E-state index in [1.54, 1.807) is 0 Å². The third-order valence-electron chi connectivity index (χ3n) is 1.51. The maximum absolute atomic E-state index is 4.10. The van der Waals surface area contributed by atoms with Crippen molar-refractivity contribution in [2.45, 2.75) is 41.5 Å². The molecule has 12 heavy (non-hydrogen) atoms. The van der Waals surface area contributed by atoms with Gasteiger partial charge in [-0.2, -0.15) is 0 Å². The van der Waals surface area contributed by atoms with Crippen molar-refractivity contribution in [1.29, 1.82) is 0 Å². The minimum atomic E-state index is 0.148. The predicted octanol–water partition coefficient (Wildman–Crippen LogP) is 4.37. The zero-order chi connectivity index (χ0) is 9.99. The van der Waals surface area contributed by atoms with Crippen LogP contribution in [0.1, 0.15) is 41.5 Å². The van der Waals surface area contributed by atoms with E-state index >= 15 is 0 Å². The molecule has 0 aromatic carbocycles. The van der Waals surface area contributed by atoms with E-state index in [-0.39, 0.29) is 10.8 Å². The van der Waals surface area contributed by atoms with Crippen LogP contribution in [0.5, 0.6) is 0 Å². The van der Waals surface area contributed by atoms with Crippen LogP contribution in [0.15, 0.2) is 11.6 Å². The molecule has 0 saturated carbocycles. The van der Waals surface area contributed by atoms with Crippen LogP contribution in [0, 0.1) is 16.5 Å². The molecule has 0 fully saturated rings. The summed E-state index contributed by atoms with van der Waals surface area (Å²) in [6.07, 6.45) is 2.22. The van der Waals surface area contributed by atoms with Crippen molar-refractivity contribution < 1.29 is 0 Å². The van der Waals surface area contributed by atoms with Gasteiger partial charge in [0.2, 0.25) is 0 Å². The van der Waals surface area contributed by atoms with Crippen LogP contribution in [0.25, 0.3) is 0 Å². The maximum atomic E-state index is 4.10. The molecule has 0 spiro atoms. The van der Waals surface area contributed by atoms with Crippen LogP contribution in [0.3, 0.4) is 0 Å². The second-order valence-corrected chi connectivity index (χ2v) is 5.51. The summed E-state index contributed by atoms with van der Waals surface area (Å²) >= 11 is 0. The summed E-state index contributed by atoms with van der Waals surface area (Å²) in [5.41, 5.74) is 4.49. The van der Waals surface area contributed by atoms with Gasteiger partial charge < -0.3 is 0 Å². The minimum absolute atomic E-state index is 0.148. The molecular weight excluding hydrogens is 163 g/mol. The molecule has 0 nitrogen and oxygen atoms in total. The monoisotopic (exact) mass is 182 g/mol. The number of allylic oxidation sites excluding steroid dienone is 2. The van der Waals surface area contributed by atoms with Gasteiger partial charge in [0.15, 0.2) is 0 Å². The van der Waals surface area contributed by atoms with Crippen molar-refractivity contribution in [3.05, 3.63) is 11.6 Å². The van der Waals surface area contributed by atoms with Crippen LogP contribution >= 0.6 is 8.70 Å². The van der Waals surface area contributed by atoms with Crippen molar-refractivity contribution in [3.8, 4) is 5.63 Å². The van der Waals surface area contributed by atoms with Crippen LogP contribution in [-0.2, 0) is 0 Å². The SMILES string of the molecule is CC(C)(C)/C=C(\C#P)C(C)(C)C. The van der Waals surface area contributed by atoms with E-state index in [4.69, 9.17) is 0 Å². The fourth-order valence-corrected chi connectivity index (χ4v) is 1.25. The van der Waals surface area contributed by atoms with Gasteiger partial charge in [-0.05, 0) is 0 Å². The Morgan fingerprint density at radius 1 is 1.08 bits per heavy atom. The van der Waals surface area contributed by atoms with Crippen LogP contribution in [-0.4, -0.2) is 0 Å². The second kappa shape index (κ2) is 3.77. The zero-order valence-corrected chi connectivity index (χ0v) is 9.92. The van der Waals surface area contributed by atoms with Crippen LogP contribution < -0.4 is 0 Å². The van der Waals surface area contributed by atoms with Gasteiger partial charge >= 0.3 is 78.3 Å². The van der Waals surface area contributed by atoms with E-state index in [0.29, 0.717) is 0 Å². The van der Waals surface area contributed by atoms with E-state index in [2.05, 4.69) is 61.9 Å². The fraction of sp³-hybridized carbons (Fsp3) is 0.727. The van der Waals surface area contributed by atoms with E-state index in [1.165, 1.54) is 5.57 Å². The van der Waals surface area contributed by atoms with Crippen molar-refractivity contribution in [3.63, 3.8) is 0 Å². The predicted molar refractivity (Wildman–Crippen MR) is 57.8 cm³/mol. The first-order chi connectivity index (χ1) is 5.17. The number of hydrogen-bond donors (Lipinski definition) is 0. The Kier molecular flexibility index (Phi) is 3.76. The van der Waals surface area contributed by atoms with Crippen LogP contribution in [0.2, 0.25) is 0 Å². The molecule has 1 heteroatoms. The van der Waals surface area contributed by atoms with E-state index in [1.807, 2.05) is 0 Å². The standard InChI is InChI=1S/C11H19P/c1-10(2,3)7-9(8-12)11(4,5)6/h7H,1-6H3/b9-7+. The molecule has 0 aliphatic heterocycles. The average molecular weight is 182 g/mol. The molecule has 0 atom stereocenters. The molecule has 0 aliphatic carbocycles.